The summed E-state index contributed by atoms with van der Waals surface area (Å²) < 4.78 is 3.29. The van der Waals surface area contributed by atoms with E-state index in [1.807, 2.05) is 39.0 Å². The number of carbonyl (C=O) groups excluding carboxylic acids is 2. The number of amides is 3. The third-order valence-corrected chi connectivity index (χ3v) is 6.13. The van der Waals surface area contributed by atoms with Crippen molar-refractivity contribution >= 4 is 23.0 Å². The van der Waals surface area contributed by atoms with Gasteiger partial charge in [0.25, 0.3) is 0 Å². The summed E-state index contributed by atoms with van der Waals surface area (Å²) in [4.78, 5) is 43.4. The molecule has 2 aromatic rings. The van der Waals surface area contributed by atoms with Gasteiger partial charge in [-0.15, -0.1) is 0 Å². The van der Waals surface area contributed by atoms with Crippen molar-refractivity contribution in [2.24, 2.45) is 7.05 Å². The van der Waals surface area contributed by atoms with E-state index in [0.29, 0.717) is 32.7 Å². The van der Waals surface area contributed by atoms with Gasteiger partial charge in [-0.1, -0.05) is 12.1 Å². The van der Waals surface area contributed by atoms with Gasteiger partial charge < -0.3 is 14.7 Å². The number of fused-ring (bicyclic) bond motifs is 1. The van der Waals surface area contributed by atoms with Crippen LogP contribution in [0.2, 0.25) is 0 Å². The second kappa shape index (κ2) is 8.31. The van der Waals surface area contributed by atoms with Crippen LogP contribution in [0.15, 0.2) is 29.1 Å². The normalized spacial score (nSPS) is 17.8. The second-order valence-corrected chi connectivity index (χ2v) is 7.93. The summed E-state index contributed by atoms with van der Waals surface area (Å²) in [5, 5.41) is 0. The molecule has 0 bridgehead atoms. The Morgan fingerprint density at radius 3 is 2.10 bits per heavy atom. The van der Waals surface area contributed by atoms with Crippen molar-refractivity contribution < 1.29 is 9.59 Å². The Morgan fingerprint density at radius 2 is 1.41 bits per heavy atom. The number of carbonyl (C=O) groups is 2. The van der Waals surface area contributed by atoms with Gasteiger partial charge in [-0.25, -0.2) is 9.59 Å². The molecule has 8 nitrogen and oxygen atoms in total. The van der Waals surface area contributed by atoms with Gasteiger partial charge in [0.05, 0.1) is 11.0 Å². The summed E-state index contributed by atoms with van der Waals surface area (Å²) in [7, 11) is 1.75. The number of rotatable bonds is 3. The lowest BCUT2D eigenvalue weighted by Gasteiger charge is -2.38. The quantitative estimate of drug-likeness (QED) is 0.785. The Hall–Kier alpha value is -2.77. The first-order chi connectivity index (χ1) is 14.1. The van der Waals surface area contributed by atoms with E-state index < -0.39 is 0 Å². The van der Waals surface area contributed by atoms with Gasteiger partial charge in [-0.3, -0.25) is 13.9 Å². The van der Waals surface area contributed by atoms with Gasteiger partial charge in [0.2, 0.25) is 5.91 Å². The largest absolute Gasteiger partial charge is 0.339 e. The van der Waals surface area contributed by atoms with Gasteiger partial charge in [0.15, 0.2) is 0 Å². The van der Waals surface area contributed by atoms with Crippen LogP contribution in [0.4, 0.5) is 4.79 Å². The Bertz CT molecular complexity index is 949. The molecule has 0 N–H and O–H groups in total. The number of imidazole rings is 1. The van der Waals surface area contributed by atoms with Crippen molar-refractivity contribution in [2.45, 2.75) is 32.2 Å². The zero-order valence-corrected chi connectivity index (χ0v) is 17.0. The molecule has 2 aliphatic rings. The SMILES string of the molecule is Cn1c(=O)n(CCC(=O)N2CCN(C(=O)N3CCCCC3)CC2)c2ccccc21. The lowest BCUT2D eigenvalue weighted by molar-refractivity contribution is -0.132. The van der Waals surface area contributed by atoms with E-state index in [0.717, 1.165) is 37.0 Å². The standard InChI is InChI=1S/C21H29N5O3/c1-22-17-7-3-4-8-18(17)26(20(22)28)12-9-19(27)23-13-15-25(16-14-23)21(29)24-10-5-2-6-11-24/h3-4,7-8H,2,5-6,9-16H2,1H3. The fourth-order valence-corrected chi connectivity index (χ4v) is 4.38. The van der Waals surface area contributed by atoms with E-state index in [1.165, 1.54) is 6.42 Å². The molecule has 2 fully saturated rings. The van der Waals surface area contributed by atoms with Crippen LogP contribution in [0, 0.1) is 0 Å². The number of hydrogen-bond acceptors (Lipinski definition) is 3. The highest BCUT2D eigenvalue weighted by Gasteiger charge is 2.27. The second-order valence-electron chi connectivity index (χ2n) is 7.93. The maximum absolute atomic E-state index is 12.7. The molecular formula is C21H29N5O3. The molecule has 3 amide bonds. The maximum atomic E-state index is 12.7. The van der Waals surface area contributed by atoms with Crippen molar-refractivity contribution in [2.75, 3.05) is 39.3 Å². The smallest absolute Gasteiger partial charge is 0.328 e. The number of nitrogens with zero attached hydrogens (tertiary/aromatic N) is 5. The number of piperazine rings is 1. The topological polar surface area (TPSA) is 70.8 Å². The summed E-state index contributed by atoms with van der Waals surface area (Å²) in [5.41, 5.74) is 1.62. The summed E-state index contributed by atoms with van der Waals surface area (Å²) in [5.74, 6) is 0.0369. The maximum Gasteiger partial charge on any atom is 0.328 e. The van der Waals surface area contributed by atoms with E-state index in [2.05, 4.69) is 0 Å². The van der Waals surface area contributed by atoms with Crippen LogP contribution in [-0.2, 0) is 18.4 Å². The fraction of sp³-hybridized carbons (Fsp3) is 0.571. The zero-order chi connectivity index (χ0) is 20.4. The monoisotopic (exact) mass is 399 g/mol. The van der Waals surface area contributed by atoms with Gasteiger partial charge >= 0.3 is 11.7 Å². The minimum atomic E-state index is -0.101. The number of urea groups is 1. The number of para-hydroxylation sites is 2. The first-order valence-corrected chi connectivity index (χ1v) is 10.5. The van der Waals surface area contributed by atoms with Crippen molar-refractivity contribution in [1.82, 2.24) is 23.8 Å². The highest BCUT2D eigenvalue weighted by Crippen LogP contribution is 2.15. The number of piperidine rings is 1. The van der Waals surface area contributed by atoms with E-state index in [9.17, 15) is 14.4 Å². The molecule has 0 unspecified atom stereocenters. The van der Waals surface area contributed by atoms with Crippen molar-refractivity contribution in [3.8, 4) is 0 Å². The third kappa shape index (κ3) is 3.88. The molecule has 0 aliphatic carbocycles. The average Bonchev–Trinajstić information content (AvgIpc) is 3.02. The van der Waals surface area contributed by atoms with E-state index in [-0.39, 0.29) is 24.0 Å². The van der Waals surface area contributed by atoms with Gasteiger partial charge in [-0.2, -0.15) is 0 Å². The lowest BCUT2D eigenvalue weighted by Crippen LogP contribution is -2.54. The number of aryl methyl sites for hydroxylation is 2. The van der Waals surface area contributed by atoms with Crippen LogP contribution >= 0.6 is 0 Å². The molecule has 29 heavy (non-hydrogen) atoms. The third-order valence-electron chi connectivity index (χ3n) is 6.13. The molecule has 3 heterocycles. The molecule has 2 saturated heterocycles. The molecule has 1 aromatic carbocycles. The van der Waals surface area contributed by atoms with Crippen LogP contribution in [-0.4, -0.2) is 75.0 Å². The molecular weight excluding hydrogens is 370 g/mol. The van der Waals surface area contributed by atoms with Crippen LogP contribution in [0.1, 0.15) is 25.7 Å². The molecule has 0 atom stereocenters. The summed E-state index contributed by atoms with van der Waals surface area (Å²) >= 11 is 0. The summed E-state index contributed by atoms with van der Waals surface area (Å²) in [6.07, 6.45) is 3.65. The van der Waals surface area contributed by atoms with Crippen molar-refractivity contribution in [1.29, 1.82) is 0 Å². The fourth-order valence-electron chi connectivity index (χ4n) is 4.38. The number of hydrogen-bond donors (Lipinski definition) is 0. The summed E-state index contributed by atoms with van der Waals surface area (Å²) in [6, 6.07) is 7.74. The first kappa shape index (κ1) is 19.5. The average molecular weight is 399 g/mol. The number of aromatic nitrogens is 2. The van der Waals surface area contributed by atoms with E-state index in [1.54, 1.807) is 16.2 Å². The van der Waals surface area contributed by atoms with E-state index in [4.69, 9.17) is 0 Å². The number of benzene rings is 1. The zero-order valence-electron chi connectivity index (χ0n) is 17.0. The predicted octanol–water partition coefficient (Wildman–Crippen LogP) is 1.48. The first-order valence-electron chi connectivity index (χ1n) is 10.5. The molecule has 2 aliphatic heterocycles. The number of likely N-dealkylation sites (tertiary alicyclic amines) is 1. The highest BCUT2D eigenvalue weighted by atomic mass is 16.2. The van der Waals surface area contributed by atoms with Crippen LogP contribution in [0.25, 0.3) is 11.0 Å². The Labute approximate surface area is 170 Å². The van der Waals surface area contributed by atoms with E-state index >= 15 is 0 Å². The molecule has 156 valence electrons. The molecule has 8 heteroatoms. The Kier molecular flexibility index (Phi) is 5.60. The van der Waals surface area contributed by atoms with Gasteiger partial charge in [0, 0.05) is 59.3 Å². The lowest BCUT2D eigenvalue weighted by atomic mass is 10.1. The Balaban J connectivity index is 1.32. The van der Waals surface area contributed by atoms with Crippen molar-refractivity contribution in [3.63, 3.8) is 0 Å². The van der Waals surface area contributed by atoms with Crippen LogP contribution < -0.4 is 5.69 Å². The van der Waals surface area contributed by atoms with Crippen LogP contribution in [0.3, 0.4) is 0 Å². The van der Waals surface area contributed by atoms with Gasteiger partial charge in [0.1, 0.15) is 0 Å². The molecule has 0 radical (unpaired) electrons. The summed E-state index contributed by atoms with van der Waals surface area (Å²) in [6.45, 7) is 4.33. The van der Waals surface area contributed by atoms with Gasteiger partial charge in [-0.05, 0) is 31.4 Å². The molecule has 1 aromatic heterocycles. The highest BCUT2D eigenvalue weighted by molar-refractivity contribution is 5.79. The van der Waals surface area contributed by atoms with Crippen LogP contribution in [0.5, 0.6) is 0 Å². The Morgan fingerprint density at radius 1 is 0.828 bits per heavy atom. The molecule has 0 spiro atoms. The predicted molar refractivity (Wildman–Crippen MR) is 111 cm³/mol. The minimum Gasteiger partial charge on any atom is -0.339 e. The molecule has 0 saturated carbocycles. The minimum absolute atomic E-state index is 0.0369. The van der Waals surface area contributed by atoms with Crippen molar-refractivity contribution in [3.05, 3.63) is 34.7 Å². The molecule has 4 rings (SSSR count).